The molecule has 4 rings (SSSR count). The molecule has 1 saturated heterocycles. The number of aromatic nitrogens is 1. The van der Waals surface area contributed by atoms with E-state index in [9.17, 15) is 0 Å². The topological polar surface area (TPSA) is 53.0 Å². The summed E-state index contributed by atoms with van der Waals surface area (Å²) in [5.74, 6) is 1.88. The molecule has 6 nitrogen and oxygen atoms in total. The molecule has 0 aliphatic carbocycles. The molecule has 0 unspecified atom stereocenters. The zero-order valence-electron chi connectivity index (χ0n) is 17.7. The first-order valence-electron chi connectivity index (χ1n) is 10.5. The Labute approximate surface area is 178 Å². The van der Waals surface area contributed by atoms with Gasteiger partial charge >= 0.3 is 0 Å². The molecule has 1 aromatic heterocycles. The Balaban J connectivity index is 1.47. The van der Waals surface area contributed by atoms with Crippen molar-refractivity contribution in [1.82, 2.24) is 15.2 Å². The third-order valence-electron chi connectivity index (χ3n) is 5.47. The number of methoxy groups -OCH3 is 1. The van der Waals surface area contributed by atoms with Crippen molar-refractivity contribution in [2.24, 2.45) is 4.99 Å². The number of hydrogen-bond donors (Lipinski definition) is 1. The number of para-hydroxylation sites is 2. The lowest BCUT2D eigenvalue weighted by Crippen LogP contribution is -2.52. The van der Waals surface area contributed by atoms with E-state index in [1.165, 1.54) is 10.8 Å². The number of piperazine rings is 1. The molecule has 2 heterocycles. The maximum atomic E-state index is 5.54. The lowest BCUT2D eigenvalue weighted by molar-refractivity contribution is 0.367. The molecule has 1 fully saturated rings. The highest BCUT2D eigenvalue weighted by Crippen LogP contribution is 2.28. The number of pyridine rings is 1. The molecule has 0 amide bonds. The van der Waals surface area contributed by atoms with Crippen LogP contribution in [0.1, 0.15) is 12.6 Å². The standard InChI is InChI=1S/C24H29N5O/c1-3-25-24(27-18-21-20-9-5-4-8-19(20)12-13-26-21)29-16-14-28(15-17-29)22-10-6-7-11-23(22)30-2/h4-13H,3,14-18H2,1-2H3,(H,25,27). The lowest BCUT2D eigenvalue weighted by atomic mass is 10.1. The van der Waals surface area contributed by atoms with E-state index in [0.717, 1.165) is 55.8 Å². The molecule has 0 spiro atoms. The summed E-state index contributed by atoms with van der Waals surface area (Å²) in [7, 11) is 1.73. The highest BCUT2D eigenvalue weighted by molar-refractivity contribution is 5.85. The van der Waals surface area contributed by atoms with E-state index < -0.39 is 0 Å². The van der Waals surface area contributed by atoms with Crippen molar-refractivity contribution in [3.8, 4) is 5.75 Å². The van der Waals surface area contributed by atoms with E-state index in [1.54, 1.807) is 7.11 Å². The van der Waals surface area contributed by atoms with Gasteiger partial charge in [-0.15, -0.1) is 0 Å². The third kappa shape index (κ3) is 4.32. The van der Waals surface area contributed by atoms with E-state index in [4.69, 9.17) is 9.73 Å². The lowest BCUT2D eigenvalue weighted by Gasteiger charge is -2.38. The minimum Gasteiger partial charge on any atom is -0.495 e. The van der Waals surface area contributed by atoms with Crippen LogP contribution in [0.4, 0.5) is 5.69 Å². The molecule has 2 aromatic carbocycles. The van der Waals surface area contributed by atoms with E-state index in [1.807, 2.05) is 24.4 Å². The molecule has 0 bridgehead atoms. The van der Waals surface area contributed by atoms with Gasteiger partial charge in [0.15, 0.2) is 5.96 Å². The van der Waals surface area contributed by atoms with Crippen LogP contribution in [-0.2, 0) is 6.54 Å². The molecular formula is C24H29N5O. The average Bonchev–Trinajstić information content (AvgIpc) is 2.82. The fourth-order valence-corrected chi connectivity index (χ4v) is 3.93. The zero-order chi connectivity index (χ0) is 20.8. The van der Waals surface area contributed by atoms with Crippen LogP contribution in [0.2, 0.25) is 0 Å². The molecule has 0 saturated carbocycles. The number of hydrogen-bond acceptors (Lipinski definition) is 4. The van der Waals surface area contributed by atoms with Gasteiger partial charge in [-0.25, -0.2) is 4.99 Å². The molecule has 0 radical (unpaired) electrons. The molecule has 0 atom stereocenters. The Morgan fingerprint density at radius 2 is 1.80 bits per heavy atom. The van der Waals surface area contributed by atoms with Gasteiger partial charge in [0.05, 0.1) is 25.0 Å². The summed E-state index contributed by atoms with van der Waals surface area (Å²) in [6, 6.07) is 18.6. The van der Waals surface area contributed by atoms with Crippen LogP contribution in [0.3, 0.4) is 0 Å². The molecule has 6 heteroatoms. The number of anilines is 1. The van der Waals surface area contributed by atoms with Crippen molar-refractivity contribution < 1.29 is 4.74 Å². The first-order chi connectivity index (χ1) is 14.8. The Hall–Kier alpha value is -3.28. The van der Waals surface area contributed by atoms with E-state index in [-0.39, 0.29) is 0 Å². The van der Waals surface area contributed by atoms with E-state index in [2.05, 4.69) is 63.4 Å². The maximum Gasteiger partial charge on any atom is 0.194 e. The summed E-state index contributed by atoms with van der Waals surface area (Å²) >= 11 is 0. The van der Waals surface area contributed by atoms with Gasteiger partial charge in [0.25, 0.3) is 0 Å². The second kappa shape index (κ2) is 9.48. The minimum absolute atomic E-state index is 0.566. The molecule has 30 heavy (non-hydrogen) atoms. The summed E-state index contributed by atoms with van der Waals surface area (Å²) in [4.78, 5) is 14.2. The van der Waals surface area contributed by atoms with Crippen LogP contribution < -0.4 is 15.0 Å². The smallest absolute Gasteiger partial charge is 0.194 e. The Bertz CT molecular complexity index is 1010. The van der Waals surface area contributed by atoms with Crippen LogP contribution in [-0.4, -0.2) is 55.7 Å². The van der Waals surface area contributed by atoms with Gasteiger partial charge in [-0.3, -0.25) is 4.98 Å². The number of ether oxygens (including phenoxy) is 1. The van der Waals surface area contributed by atoms with Crippen LogP contribution >= 0.6 is 0 Å². The second-order valence-corrected chi connectivity index (χ2v) is 7.29. The number of benzene rings is 2. The van der Waals surface area contributed by atoms with Gasteiger partial charge in [0.2, 0.25) is 0 Å². The second-order valence-electron chi connectivity index (χ2n) is 7.29. The van der Waals surface area contributed by atoms with Gasteiger partial charge in [-0.05, 0) is 30.5 Å². The van der Waals surface area contributed by atoms with Crippen LogP contribution in [0.25, 0.3) is 10.8 Å². The largest absolute Gasteiger partial charge is 0.495 e. The third-order valence-corrected chi connectivity index (χ3v) is 5.47. The molecular weight excluding hydrogens is 374 g/mol. The molecule has 156 valence electrons. The van der Waals surface area contributed by atoms with Crippen LogP contribution in [0.15, 0.2) is 65.8 Å². The number of rotatable bonds is 5. The van der Waals surface area contributed by atoms with Crippen molar-refractivity contribution in [3.05, 3.63) is 66.5 Å². The number of nitrogens with zero attached hydrogens (tertiary/aromatic N) is 4. The highest BCUT2D eigenvalue weighted by Gasteiger charge is 2.21. The van der Waals surface area contributed by atoms with Crippen LogP contribution in [0.5, 0.6) is 5.75 Å². The van der Waals surface area contributed by atoms with Crippen molar-refractivity contribution in [1.29, 1.82) is 0 Å². The Kier molecular flexibility index (Phi) is 6.32. The first kappa shape index (κ1) is 20.0. The summed E-state index contributed by atoms with van der Waals surface area (Å²) in [5.41, 5.74) is 2.16. The summed E-state index contributed by atoms with van der Waals surface area (Å²) < 4.78 is 5.54. The number of aliphatic imine (C=N–C) groups is 1. The molecule has 1 N–H and O–H groups in total. The molecule has 1 aliphatic heterocycles. The van der Waals surface area contributed by atoms with Gasteiger partial charge in [-0.1, -0.05) is 36.4 Å². The number of fused-ring (bicyclic) bond motifs is 1. The predicted octanol–water partition coefficient (Wildman–Crippen LogP) is 3.53. The monoisotopic (exact) mass is 403 g/mol. The number of guanidine groups is 1. The highest BCUT2D eigenvalue weighted by atomic mass is 16.5. The fraction of sp³-hybridized carbons (Fsp3) is 0.333. The maximum absolute atomic E-state index is 5.54. The Morgan fingerprint density at radius 1 is 1.03 bits per heavy atom. The van der Waals surface area contributed by atoms with Crippen molar-refractivity contribution in [2.45, 2.75) is 13.5 Å². The summed E-state index contributed by atoms with van der Waals surface area (Å²) in [5, 5.41) is 5.82. The van der Waals surface area contributed by atoms with Gasteiger partial charge in [0, 0.05) is 44.3 Å². The number of nitrogens with one attached hydrogen (secondary N) is 1. The predicted molar refractivity (Wildman–Crippen MR) is 123 cm³/mol. The van der Waals surface area contributed by atoms with Crippen LogP contribution in [0, 0.1) is 0 Å². The summed E-state index contributed by atoms with van der Waals surface area (Å²) in [6.07, 6.45) is 1.87. The fourth-order valence-electron chi connectivity index (χ4n) is 3.93. The van der Waals surface area contributed by atoms with Gasteiger partial charge < -0.3 is 19.9 Å². The molecule has 3 aromatic rings. The van der Waals surface area contributed by atoms with Crippen molar-refractivity contribution >= 4 is 22.4 Å². The molecule has 1 aliphatic rings. The van der Waals surface area contributed by atoms with Gasteiger partial charge in [-0.2, -0.15) is 0 Å². The van der Waals surface area contributed by atoms with Crippen molar-refractivity contribution in [3.63, 3.8) is 0 Å². The summed E-state index contributed by atoms with van der Waals surface area (Å²) in [6.45, 7) is 7.19. The zero-order valence-corrected chi connectivity index (χ0v) is 17.7. The SMILES string of the molecule is CCNC(=NCc1nccc2ccccc12)N1CCN(c2ccccc2OC)CC1. The average molecular weight is 404 g/mol. The van der Waals surface area contributed by atoms with Crippen molar-refractivity contribution in [2.75, 3.05) is 44.7 Å². The normalized spacial score (nSPS) is 14.8. The van der Waals surface area contributed by atoms with E-state index in [0.29, 0.717) is 6.54 Å². The van der Waals surface area contributed by atoms with Gasteiger partial charge in [0.1, 0.15) is 5.75 Å². The Morgan fingerprint density at radius 3 is 2.60 bits per heavy atom. The minimum atomic E-state index is 0.566. The quantitative estimate of drug-likeness (QED) is 0.522. The van der Waals surface area contributed by atoms with E-state index >= 15 is 0 Å². The first-order valence-corrected chi connectivity index (χ1v) is 10.5.